The molecule has 1 fully saturated rings. The molecule has 0 spiro atoms. The van der Waals surface area contributed by atoms with Crippen LogP contribution in [0.25, 0.3) is 0 Å². The second kappa shape index (κ2) is 6.39. The number of benzene rings is 1. The molecule has 0 aromatic heterocycles. The molecule has 0 saturated heterocycles. The lowest BCUT2D eigenvalue weighted by Gasteiger charge is -2.41. The van der Waals surface area contributed by atoms with Gasteiger partial charge in [-0.25, -0.2) is 4.99 Å². The maximum absolute atomic E-state index is 12.8. The zero-order valence-electron chi connectivity index (χ0n) is 12.6. The van der Waals surface area contributed by atoms with Crippen LogP contribution in [0, 0.1) is 0 Å². The van der Waals surface area contributed by atoms with Crippen molar-refractivity contribution in [1.29, 1.82) is 0 Å². The van der Waals surface area contributed by atoms with Gasteiger partial charge in [-0.05, 0) is 44.7 Å². The molecule has 5 heteroatoms. The Kier molecular flexibility index (Phi) is 4.50. The summed E-state index contributed by atoms with van der Waals surface area (Å²) in [5.41, 5.74) is 5.50. The number of nitrogens with two attached hydrogens (primary N) is 1. The molecule has 1 aromatic carbocycles. The molecule has 1 heterocycles. The van der Waals surface area contributed by atoms with E-state index in [2.05, 4.69) is 0 Å². The summed E-state index contributed by atoms with van der Waals surface area (Å²) < 4.78 is 5.82. The lowest BCUT2D eigenvalue weighted by atomic mass is 9.74. The van der Waals surface area contributed by atoms with E-state index in [1.807, 2.05) is 24.3 Å². The van der Waals surface area contributed by atoms with Crippen molar-refractivity contribution in [1.82, 2.24) is 0 Å². The smallest absolute Gasteiger partial charge is 0.205 e. The van der Waals surface area contributed by atoms with Gasteiger partial charge in [0.25, 0.3) is 0 Å². The summed E-state index contributed by atoms with van der Waals surface area (Å²) in [6, 6.07) is 7.51. The van der Waals surface area contributed by atoms with Crippen LogP contribution in [0.2, 0.25) is 5.02 Å². The number of Topliss-reactive ketones (excluding diaryl/α,β-unsaturated/α-hetero) is 1. The number of ketones is 1. The molecular formula is C17H21ClN2O2. The minimum absolute atomic E-state index is 0.0504. The van der Waals surface area contributed by atoms with Crippen molar-refractivity contribution in [2.45, 2.75) is 50.2 Å². The molecule has 4 nitrogen and oxygen atoms in total. The van der Waals surface area contributed by atoms with Crippen molar-refractivity contribution in [3.05, 3.63) is 34.9 Å². The summed E-state index contributed by atoms with van der Waals surface area (Å²) in [7, 11) is 0. The predicted octanol–water partition coefficient (Wildman–Crippen LogP) is 3.21. The number of ether oxygens (including phenoxy) is 1. The number of halogens is 1. The third-order valence-electron chi connectivity index (χ3n) is 4.46. The van der Waals surface area contributed by atoms with Gasteiger partial charge in [0.05, 0.1) is 0 Å². The van der Waals surface area contributed by atoms with E-state index in [0.29, 0.717) is 23.9 Å². The molecule has 1 saturated carbocycles. The van der Waals surface area contributed by atoms with Crippen molar-refractivity contribution in [2.24, 2.45) is 10.7 Å². The van der Waals surface area contributed by atoms with Gasteiger partial charge in [0.15, 0.2) is 17.5 Å². The average molecular weight is 321 g/mol. The lowest BCUT2D eigenvalue weighted by Crippen LogP contribution is -2.51. The Hall–Kier alpha value is -1.39. The van der Waals surface area contributed by atoms with E-state index in [-0.39, 0.29) is 11.9 Å². The van der Waals surface area contributed by atoms with Crippen molar-refractivity contribution >= 4 is 23.3 Å². The normalized spacial score (nSPS) is 27.3. The summed E-state index contributed by atoms with van der Waals surface area (Å²) in [6.45, 7) is 0.658. The molecular weight excluding hydrogens is 300 g/mol. The summed E-state index contributed by atoms with van der Waals surface area (Å²) in [6.07, 6.45) is 4.59. The van der Waals surface area contributed by atoms with Gasteiger partial charge >= 0.3 is 0 Å². The Morgan fingerprint density at radius 2 is 2.18 bits per heavy atom. The largest absolute Gasteiger partial charge is 0.470 e. The van der Waals surface area contributed by atoms with Gasteiger partial charge in [-0.2, -0.15) is 0 Å². The van der Waals surface area contributed by atoms with Gasteiger partial charge in [0.1, 0.15) is 0 Å². The Balaban J connectivity index is 1.99. The molecule has 2 aliphatic rings. The number of hydrogen-bond acceptors (Lipinski definition) is 4. The third kappa shape index (κ3) is 2.66. The molecule has 1 aliphatic heterocycles. The summed E-state index contributed by atoms with van der Waals surface area (Å²) in [4.78, 5) is 17.6. The quantitative estimate of drug-likeness (QED) is 0.847. The Morgan fingerprint density at radius 1 is 1.36 bits per heavy atom. The first-order valence-corrected chi connectivity index (χ1v) is 8.30. The third-order valence-corrected chi connectivity index (χ3v) is 4.79. The number of hydrogen-bond donors (Lipinski definition) is 1. The maximum atomic E-state index is 12.8. The molecule has 2 bridgehead atoms. The van der Waals surface area contributed by atoms with E-state index in [9.17, 15) is 4.79 Å². The van der Waals surface area contributed by atoms with Crippen molar-refractivity contribution in [3.8, 4) is 0 Å². The Morgan fingerprint density at radius 3 is 2.95 bits per heavy atom. The number of rotatable bonds is 5. The minimum Gasteiger partial charge on any atom is -0.470 e. The molecule has 1 aliphatic carbocycles. The van der Waals surface area contributed by atoms with E-state index >= 15 is 0 Å². The second-order valence-corrected chi connectivity index (χ2v) is 6.36. The van der Waals surface area contributed by atoms with E-state index in [1.165, 1.54) is 0 Å². The number of aliphatic imine (C=N–C) groups is 1. The second-order valence-electron chi connectivity index (χ2n) is 5.95. The van der Waals surface area contributed by atoms with Crippen LogP contribution in [0.1, 0.15) is 44.1 Å². The fraction of sp³-hybridized carbons (Fsp3) is 0.529. The van der Waals surface area contributed by atoms with Crippen LogP contribution in [0.5, 0.6) is 0 Å². The summed E-state index contributed by atoms with van der Waals surface area (Å²) >= 11 is 6.36. The number of carbonyl (C=O) groups is 1. The number of nitrogens with zero attached hydrogens (tertiary/aromatic N) is 1. The highest BCUT2D eigenvalue weighted by molar-refractivity contribution is 6.32. The molecule has 3 rings (SSSR count). The Bertz CT molecular complexity index is 602. The fourth-order valence-electron chi connectivity index (χ4n) is 3.35. The predicted molar refractivity (Wildman–Crippen MR) is 87.2 cm³/mol. The van der Waals surface area contributed by atoms with Gasteiger partial charge in [-0.15, -0.1) is 0 Å². The minimum atomic E-state index is -0.850. The van der Waals surface area contributed by atoms with Gasteiger partial charge in [0.2, 0.25) is 5.78 Å². The van der Waals surface area contributed by atoms with Crippen molar-refractivity contribution in [3.63, 3.8) is 0 Å². The molecule has 2 N–H and O–H groups in total. The van der Waals surface area contributed by atoms with Crippen LogP contribution in [-0.2, 0) is 15.1 Å². The SMILES string of the molecule is NCCCCC1=N[C@@]2(c3ccccc3Cl)CCC[C@@H](O1)C2=O. The molecule has 2 atom stereocenters. The van der Waals surface area contributed by atoms with Crippen LogP contribution < -0.4 is 5.73 Å². The first kappa shape index (κ1) is 15.5. The van der Waals surface area contributed by atoms with Gasteiger partial charge < -0.3 is 10.5 Å². The zero-order chi connectivity index (χ0) is 15.6. The van der Waals surface area contributed by atoms with Gasteiger partial charge in [-0.3, -0.25) is 4.79 Å². The molecule has 0 unspecified atom stereocenters. The number of unbranched alkanes of at least 4 members (excludes halogenated alkanes) is 1. The molecule has 1 aromatic rings. The van der Waals surface area contributed by atoms with Crippen LogP contribution in [-0.4, -0.2) is 24.3 Å². The summed E-state index contributed by atoms with van der Waals surface area (Å²) in [5.74, 6) is 0.729. The molecule has 0 radical (unpaired) electrons. The van der Waals surface area contributed by atoms with Crippen LogP contribution in [0.4, 0.5) is 0 Å². The zero-order valence-corrected chi connectivity index (χ0v) is 13.3. The standard InChI is InChI=1S/C17H21ClN2O2/c18-13-7-2-1-6-12(13)17-10-5-8-14(16(17)21)22-15(20-17)9-3-4-11-19/h1-2,6-7,14H,3-5,8-11,19H2/t14-,17-/m1/s1. The van der Waals surface area contributed by atoms with Crippen LogP contribution >= 0.6 is 11.6 Å². The first-order valence-electron chi connectivity index (χ1n) is 7.92. The monoisotopic (exact) mass is 320 g/mol. The van der Waals surface area contributed by atoms with E-state index in [1.54, 1.807) is 0 Å². The number of carbonyl (C=O) groups excluding carboxylic acids is 1. The van der Waals surface area contributed by atoms with Crippen LogP contribution in [0.3, 0.4) is 0 Å². The van der Waals surface area contributed by atoms with Crippen LogP contribution in [0.15, 0.2) is 29.3 Å². The topological polar surface area (TPSA) is 64.7 Å². The maximum Gasteiger partial charge on any atom is 0.205 e. The fourth-order valence-corrected chi connectivity index (χ4v) is 3.64. The van der Waals surface area contributed by atoms with Crippen molar-refractivity contribution < 1.29 is 9.53 Å². The highest BCUT2D eigenvalue weighted by atomic mass is 35.5. The molecule has 22 heavy (non-hydrogen) atoms. The Labute approximate surface area is 135 Å². The van der Waals surface area contributed by atoms with Gasteiger partial charge in [-0.1, -0.05) is 29.8 Å². The molecule has 0 amide bonds. The highest BCUT2D eigenvalue weighted by Gasteiger charge is 2.51. The lowest BCUT2D eigenvalue weighted by molar-refractivity contribution is -0.137. The van der Waals surface area contributed by atoms with Crippen molar-refractivity contribution in [2.75, 3.05) is 6.54 Å². The van der Waals surface area contributed by atoms with E-state index in [0.717, 1.165) is 37.7 Å². The number of fused-ring (bicyclic) bond motifs is 2. The average Bonchev–Trinajstić information content (AvgIpc) is 2.49. The van der Waals surface area contributed by atoms with Gasteiger partial charge in [0, 0.05) is 17.0 Å². The summed E-state index contributed by atoms with van der Waals surface area (Å²) in [5, 5.41) is 0.600. The van der Waals surface area contributed by atoms with E-state index < -0.39 is 5.54 Å². The molecule has 118 valence electrons. The first-order chi connectivity index (χ1) is 10.7. The highest BCUT2D eigenvalue weighted by Crippen LogP contribution is 2.44. The van der Waals surface area contributed by atoms with E-state index in [4.69, 9.17) is 27.1 Å².